The molecule has 1 N–H and O–H groups in total. The summed E-state index contributed by atoms with van der Waals surface area (Å²) in [5, 5.41) is 9.12. The van der Waals surface area contributed by atoms with Crippen LogP contribution in [0.2, 0.25) is 0 Å². The standard InChI is InChI=1S/C18H13F3O4/c1-10-5-7-11(8-6-10)24-14-3-2-4-15-12(14)9-13(17(22)23)16(25-15)18(19,20)21/h2-9,16H,1H3,(H,22,23). The summed E-state index contributed by atoms with van der Waals surface area (Å²) in [5.41, 5.74) is 0.285. The van der Waals surface area contributed by atoms with Gasteiger partial charge in [0.25, 0.3) is 0 Å². The second-order valence-electron chi connectivity index (χ2n) is 5.53. The van der Waals surface area contributed by atoms with Crippen molar-refractivity contribution in [1.82, 2.24) is 0 Å². The number of ether oxygens (including phenoxy) is 2. The first-order valence-electron chi connectivity index (χ1n) is 7.31. The number of halogens is 3. The summed E-state index contributed by atoms with van der Waals surface area (Å²) in [6, 6.07) is 11.4. The Morgan fingerprint density at radius 3 is 2.44 bits per heavy atom. The van der Waals surface area contributed by atoms with Crippen LogP contribution in [0.15, 0.2) is 48.0 Å². The van der Waals surface area contributed by atoms with Crippen molar-refractivity contribution in [3.8, 4) is 17.2 Å². The monoisotopic (exact) mass is 350 g/mol. The van der Waals surface area contributed by atoms with E-state index < -0.39 is 23.8 Å². The molecular formula is C18H13F3O4. The Morgan fingerprint density at radius 2 is 1.84 bits per heavy atom. The Morgan fingerprint density at radius 1 is 1.16 bits per heavy atom. The minimum Gasteiger partial charge on any atom is -0.478 e. The van der Waals surface area contributed by atoms with E-state index in [2.05, 4.69) is 0 Å². The Kier molecular flexibility index (Phi) is 4.16. The number of alkyl halides is 3. The molecule has 7 heteroatoms. The number of carboxylic acids is 1. The number of aliphatic carboxylic acids is 1. The molecule has 1 unspecified atom stereocenters. The first-order valence-corrected chi connectivity index (χ1v) is 7.31. The van der Waals surface area contributed by atoms with Crippen LogP contribution in [0.5, 0.6) is 17.2 Å². The fourth-order valence-electron chi connectivity index (χ4n) is 2.43. The van der Waals surface area contributed by atoms with Gasteiger partial charge in [-0.25, -0.2) is 4.79 Å². The van der Waals surface area contributed by atoms with E-state index in [1.165, 1.54) is 18.2 Å². The fraction of sp³-hybridized carbons (Fsp3) is 0.167. The van der Waals surface area contributed by atoms with Gasteiger partial charge < -0.3 is 14.6 Å². The second-order valence-corrected chi connectivity index (χ2v) is 5.53. The van der Waals surface area contributed by atoms with Crippen molar-refractivity contribution in [2.24, 2.45) is 0 Å². The van der Waals surface area contributed by atoms with Gasteiger partial charge in [-0.1, -0.05) is 23.8 Å². The first-order chi connectivity index (χ1) is 11.8. The Labute approximate surface area is 141 Å². The number of fused-ring (bicyclic) bond motifs is 1. The molecule has 1 aliphatic heterocycles. The molecule has 3 rings (SSSR count). The third kappa shape index (κ3) is 3.45. The highest BCUT2D eigenvalue weighted by atomic mass is 19.4. The molecule has 0 bridgehead atoms. The summed E-state index contributed by atoms with van der Waals surface area (Å²) >= 11 is 0. The molecule has 1 aliphatic rings. The van der Waals surface area contributed by atoms with E-state index >= 15 is 0 Å². The van der Waals surface area contributed by atoms with Gasteiger partial charge in [-0.3, -0.25) is 0 Å². The highest BCUT2D eigenvalue weighted by Gasteiger charge is 2.48. The Balaban J connectivity index is 2.03. The van der Waals surface area contributed by atoms with E-state index in [9.17, 15) is 18.0 Å². The summed E-state index contributed by atoms with van der Waals surface area (Å²) in [7, 11) is 0. The second kappa shape index (κ2) is 6.16. The molecule has 130 valence electrons. The maximum Gasteiger partial charge on any atom is 0.430 e. The van der Waals surface area contributed by atoms with Gasteiger partial charge in [0.1, 0.15) is 17.2 Å². The van der Waals surface area contributed by atoms with Gasteiger partial charge in [0, 0.05) is 0 Å². The van der Waals surface area contributed by atoms with E-state index in [0.717, 1.165) is 11.6 Å². The fourth-order valence-corrected chi connectivity index (χ4v) is 2.43. The third-order valence-electron chi connectivity index (χ3n) is 3.65. The van der Waals surface area contributed by atoms with Gasteiger partial charge in [-0.05, 0) is 37.3 Å². The van der Waals surface area contributed by atoms with Crippen LogP contribution in [0.25, 0.3) is 6.08 Å². The molecule has 0 aromatic heterocycles. The molecule has 0 amide bonds. The maximum atomic E-state index is 13.1. The number of hydrogen-bond donors (Lipinski definition) is 1. The summed E-state index contributed by atoms with van der Waals surface area (Å²) < 4.78 is 49.8. The smallest absolute Gasteiger partial charge is 0.430 e. The summed E-state index contributed by atoms with van der Waals surface area (Å²) in [5.74, 6) is -1.10. The summed E-state index contributed by atoms with van der Waals surface area (Å²) in [6.07, 6.45) is -6.41. The van der Waals surface area contributed by atoms with Gasteiger partial charge >= 0.3 is 12.1 Å². The van der Waals surface area contributed by atoms with Crippen molar-refractivity contribution in [1.29, 1.82) is 0 Å². The summed E-state index contributed by atoms with van der Waals surface area (Å²) in [4.78, 5) is 11.2. The predicted molar refractivity (Wildman–Crippen MR) is 83.8 cm³/mol. The van der Waals surface area contributed by atoms with Crippen LogP contribution >= 0.6 is 0 Å². The average Bonchev–Trinajstić information content (AvgIpc) is 2.55. The van der Waals surface area contributed by atoms with Crippen molar-refractivity contribution < 1.29 is 32.5 Å². The molecule has 0 saturated carbocycles. The van der Waals surface area contributed by atoms with Crippen molar-refractivity contribution >= 4 is 12.0 Å². The van der Waals surface area contributed by atoms with Crippen LogP contribution in [-0.4, -0.2) is 23.4 Å². The number of carbonyl (C=O) groups is 1. The van der Waals surface area contributed by atoms with E-state index in [0.29, 0.717) is 5.75 Å². The minimum atomic E-state index is -4.84. The van der Waals surface area contributed by atoms with E-state index in [1.807, 2.05) is 19.1 Å². The normalized spacial score (nSPS) is 16.5. The Bertz CT molecular complexity index is 838. The lowest BCUT2D eigenvalue weighted by atomic mass is 10.0. The molecule has 1 atom stereocenters. The maximum absolute atomic E-state index is 13.1. The molecule has 0 saturated heterocycles. The van der Waals surface area contributed by atoms with Crippen LogP contribution in [0.3, 0.4) is 0 Å². The quantitative estimate of drug-likeness (QED) is 0.880. The van der Waals surface area contributed by atoms with Gasteiger partial charge in [-0.2, -0.15) is 13.2 Å². The highest BCUT2D eigenvalue weighted by molar-refractivity contribution is 5.95. The lowest BCUT2D eigenvalue weighted by molar-refractivity contribution is -0.187. The van der Waals surface area contributed by atoms with E-state index in [4.69, 9.17) is 14.6 Å². The van der Waals surface area contributed by atoms with Crippen LogP contribution in [-0.2, 0) is 4.79 Å². The molecule has 1 heterocycles. The molecule has 2 aromatic rings. The average molecular weight is 350 g/mol. The zero-order chi connectivity index (χ0) is 18.2. The van der Waals surface area contributed by atoms with Gasteiger partial charge in [0.2, 0.25) is 6.10 Å². The van der Waals surface area contributed by atoms with Gasteiger partial charge in [0.05, 0.1) is 11.1 Å². The highest BCUT2D eigenvalue weighted by Crippen LogP contribution is 2.41. The predicted octanol–water partition coefficient (Wildman–Crippen LogP) is 4.58. The zero-order valence-electron chi connectivity index (χ0n) is 13.0. The van der Waals surface area contributed by atoms with Crippen molar-refractivity contribution in [2.75, 3.05) is 0 Å². The van der Waals surface area contributed by atoms with Crippen molar-refractivity contribution in [3.05, 3.63) is 59.2 Å². The lowest BCUT2D eigenvalue weighted by Gasteiger charge is -2.27. The van der Waals surface area contributed by atoms with Crippen LogP contribution in [0.4, 0.5) is 13.2 Å². The van der Waals surface area contributed by atoms with Crippen molar-refractivity contribution in [2.45, 2.75) is 19.2 Å². The number of aryl methyl sites for hydroxylation is 1. The largest absolute Gasteiger partial charge is 0.478 e. The third-order valence-corrected chi connectivity index (χ3v) is 3.65. The topological polar surface area (TPSA) is 55.8 Å². The van der Waals surface area contributed by atoms with Crippen LogP contribution in [0.1, 0.15) is 11.1 Å². The molecule has 0 spiro atoms. The minimum absolute atomic E-state index is 0.0862. The van der Waals surface area contributed by atoms with Crippen molar-refractivity contribution in [3.63, 3.8) is 0 Å². The van der Waals surface area contributed by atoms with E-state index in [-0.39, 0.29) is 17.1 Å². The SMILES string of the molecule is Cc1ccc(Oc2cccc3c2C=C(C(=O)O)C(C(F)(F)F)O3)cc1. The lowest BCUT2D eigenvalue weighted by Crippen LogP contribution is -2.40. The molecular weight excluding hydrogens is 337 g/mol. The molecule has 0 radical (unpaired) electrons. The van der Waals surface area contributed by atoms with Gasteiger partial charge in [-0.15, -0.1) is 0 Å². The Hall–Kier alpha value is -2.96. The zero-order valence-corrected chi connectivity index (χ0v) is 13.0. The molecule has 0 aliphatic carbocycles. The van der Waals surface area contributed by atoms with Gasteiger partial charge in [0.15, 0.2) is 0 Å². The number of hydrogen-bond acceptors (Lipinski definition) is 3. The number of carboxylic acid groups (broad SMARTS) is 1. The number of rotatable bonds is 3. The summed E-state index contributed by atoms with van der Waals surface area (Å²) in [6.45, 7) is 1.90. The molecule has 4 nitrogen and oxygen atoms in total. The van der Waals surface area contributed by atoms with Crippen LogP contribution in [0, 0.1) is 6.92 Å². The molecule has 25 heavy (non-hydrogen) atoms. The number of benzene rings is 2. The van der Waals surface area contributed by atoms with Crippen LogP contribution < -0.4 is 9.47 Å². The first kappa shape index (κ1) is 16.9. The molecule has 0 fully saturated rings. The van der Waals surface area contributed by atoms with E-state index in [1.54, 1.807) is 12.1 Å². The molecule has 2 aromatic carbocycles.